The zero-order valence-electron chi connectivity index (χ0n) is 18.7. The first-order valence-corrected chi connectivity index (χ1v) is 10.7. The van der Waals surface area contributed by atoms with Crippen LogP contribution in [0.3, 0.4) is 0 Å². The van der Waals surface area contributed by atoms with E-state index in [4.69, 9.17) is 18.9 Å². The molecule has 0 spiro atoms. The van der Waals surface area contributed by atoms with Gasteiger partial charge in [-0.05, 0) is 36.4 Å². The first kappa shape index (κ1) is 22.6. The average molecular weight is 453 g/mol. The van der Waals surface area contributed by atoms with E-state index >= 15 is 0 Å². The summed E-state index contributed by atoms with van der Waals surface area (Å²) in [6.45, 7) is 4.03. The molecule has 1 fully saturated rings. The third kappa shape index (κ3) is 5.27. The van der Waals surface area contributed by atoms with Crippen LogP contribution in [0.1, 0.15) is 0 Å². The lowest BCUT2D eigenvalue weighted by Gasteiger charge is -2.29. The summed E-state index contributed by atoms with van der Waals surface area (Å²) in [5.41, 5.74) is 1.30. The molecule has 2 heterocycles. The number of carbonyl (C=O) groups is 1. The van der Waals surface area contributed by atoms with Crippen LogP contribution in [-0.4, -0.2) is 74.7 Å². The second kappa shape index (κ2) is 10.4. The number of rotatable bonds is 8. The molecule has 0 aliphatic carbocycles. The van der Waals surface area contributed by atoms with Gasteiger partial charge in [0, 0.05) is 49.5 Å². The Balaban J connectivity index is 1.50. The number of aromatic nitrogens is 1. The van der Waals surface area contributed by atoms with Crippen LogP contribution >= 0.6 is 0 Å². The molecule has 33 heavy (non-hydrogen) atoms. The molecule has 3 aromatic rings. The van der Waals surface area contributed by atoms with Crippen molar-refractivity contribution < 1.29 is 28.8 Å². The Labute approximate surface area is 192 Å². The Morgan fingerprint density at radius 2 is 1.76 bits per heavy atom. The molecule has 0 bridgehead atoms. The van der Waals surface area contributed by atoms with Gasteiger partial charge in [0.1, 0.15) is 11.5 Å². The lowest BCUT2D eigenvalue weighted by Crippen LogP contribution is -2.42. The van der Waals surface area contributed by atoms with E-state index in [0.29, 0.717) is 60.5 Å². The highest BCUT2D eigenvalue weighted by Gasteiger charge is 2.18. The average Bonchev–Trinajstić information content (AvgIpc) is 2.85. The van der Waals surface area contributed by atoms with Gasteiger partial charge in [-0.1, -0.05) is 0 Å². The maximum absolute atomic E-state index is 11.8. The molecule has 0 radical (unpaired) electrons. The van der Waals surface area contributed by atoms with Crippen LogP contribution in [0.2, 0.25) is 0 Å². The second-order valence-electron chi connectivity index (χ2n) is 7.52. The molecule has 9 heteroatoms. The van der Waals surface area contributed by atoms with Crippen LogP contribution in [0.15, 0.2) is 48.7 Å². The fourth-order valence-electron chi connectivity index (χ4n) is 3.76. The van der Waals surface area contributed by atoms with Crippen molar-refractivity contribution >= 4 is 22.7 Å². The summed E-state index contributed by atoms with van der Waals surface area (Å²) in [5, 5.41) is 10.5. The fraction of sp³-hybridized carbons (Fsp3) is 0.333. The van der Waals surface area contributed by atoms with Gasteiger partial charge >= 0.3 is 6.09 Å². The lowest BCUT2D eigenvalue weighted by atomic mass is 10.2. The van der Waals surface area contributed by atoms with E-state index in [-0.39, 0.29) is 0 Å². The van der Waals surface area contributed by atoms with E-state index in [0.717, 1.165) is 18.5 Å². The molecule has 1 aliphatic rings. The van der Waals surface area contributed by atoms with Gasteiger partial charge in [0.05, 0.1) is 33.0 Å². The van der Waals surface area contributed by atoms with Crippen LogP contribution in [0, 0.1) is 0 Å². The van der Waals surface area contributed by atoms with E-state index in [2.05, 4.69) is 9.88 Å². The number of hydrogen-bond acceptors (Lipinski definition) is 7. The van der Waals surface area contributed by atoms with Gasteiger partial charge in [-0.25, -0.2) is 4.79 Å². The van der Waals surface area contributed by atoms with Crippen LogP contribution in [-0.2, 0) is 4.74 Å². The molecule has 0 unspecified atom stereocenters. The molecule has 1 N–H and O–H groups in total. The number of hydrogen-bond donors (Lipinski definition) is 1. The van der Waals surface area contributed by atoms with Gasteiger partial charge < -0.3 is 24.1 Å². The maximum atomic E-state index is 11.8. The number of morpholine rings is 1. The molecule has 1 aliphatic heterocycles. The predicted molar refractivity (Wildman–Crippen MR) is 124 cm³/mol. The third-order valence-corrected chi connectivity index (χ3v) is 5.56. The molecule has 1 saturated heterocycles. The predicted octanol–water partition coefficient (Wildman–Crippen LogP) is 3.86. The first-order valence-electron chi connectivity index (χ1n) is 10.7. The SMILES string of the molecule is COc1cc2nccc(Oc3ccc(N(CCN4CCOCC4)C(=O)O)cc3)c2cc1OC. The summed E-state index contributed by atoms with van der Waals surface area (Å²) in [6.07, 6.45) is 0.675. The van der Waals surface area contributed by atoms with Crippen molar-refractivity contribution in [1.29, 1.82) is 0 Å². The van der Waals surface area contributed by atoms with Gasteiger partial charge in [-0.3, -0.25) is 14.8 Å². The fourth-order valence-corrected chi connectivity index (χ4v) is 3.76. The second-order valence-corrected chi connectivity index (χ2v) is 7.52. The molecule has 9 nitrogen and oxygen atoms in total. The zero-order valence-corrected chi connectivity index (χ0v) is 18.7. The summed E-state index contributed by atoms with van der Waals surface area (Å²) in [6, 6.07) is 12.4. The normalized spacial score (nSPS) is 14.1. The number of nitrogens with zero attached hydrogens (tertiary/aromatic N) is 3. The Morgan fingerprint density at radius 3 is 2.42 bits per heavy atom. The number of ether oxygens (including phenoxy) is 4. The number of anilines is 1. The molecule has 2 aromatic carbocycles. The molecule has 174 valence electrons. The van der Waals surface area contributed by atoms with Gasteiger partial charge in [0.15, 0.2) is 11.5 Å². The summed E-state index contributed by atoms with van der Waals surface area (Å²) >= 11 is 0. The van der Waals surface area contributed by atoms with Gasteiger partial charge in [-0.15, -0.1) is 0 Å². The van der Waals surface area contributed by atoms with Crippen LogP contribution < -0.4 is 19.1 Å². The topological polar surface area (TPSA) is 93.6 Å². The molecule has 0 atom stereocenters. The van der Waals surface area contributed by atoms with Crippen molar-refractivity contribution in [2.24, 2.45) is 0 Å². The largest absolute Gasteiger partial charge is 0.493 e. The van der Waals surface area contributed by atoms with Crippen LogP contribution in [0.5, 0.6) is 23.0 Å². The number of carboxylic acid groups (broad SMARTS) is 1. The summed E-state index contributed by atoms with van der Waals surface area (Å²) in [7, 11) is 3.15. The zero-order chi connectivity index (χ0) is 23.2. The highest BCUT2D eigenvalue weighted by atomic mass is 16.5. The van der Waals surface area contributed by atoms with Crippen LogP contribution in [0.25, 0.3) is 10.9 Å². The summed E-state index contributed by atoms with van der Waals surface area (Å²) in [4.78, 5) is 19.8. The lowest BCUT2D eigenvalue weighted by molar-refractivity contribution is 0.0392. The molecule has 1 aromatic heterocycles. The Hall–Kier alpha value is -3.56. The smallest absolute Gasteiger partial charge is 0.411 e. The van der Waals surface area contributed by atoms with Crippen molar-refractivity contribution in [1.82, 2.24) is 9.88 Å². The van der Waals surface area contributed by atoms with Crippen molar-refractivity contribution in [3.8, 4) is 23.0 Å². The minimum absolute atomic E-state index is 0.381. The van der Waals surface area contributed by atoms with Gasteiger partial charge in [0.2, 0.25) is 0 Å². The van der Waals surface area contributed by atoms with Gasteiger partial charge in [-0.2, -0.15) is 0 Å². The third-order valence-electron chi connectivity index (χ3n) is 5.56. The molecule has 4 rings (SSSR count). The number of amides is 1. The summed E-state index contributed by atoms with van der Waals surface area (Å²) < 4.78 is 22.2. The van der Waals surface area contributed by atoms with E-state index in [9.17, 15) is 9.90 Å². The molecular weight excluding hydrogens is 426 g/mol. The maximum Gasteiger partial charge on any atom is 0.411 e. The molecule has 0 saturated carbocycles. The number of fused-ring (bicyclic) bond motifs is 1. The van der Waals surface area contributed by atoms with Gasteiger partial charge in [0.25, 0.3) is 0 Å². The number of pyridine rings is 1. The summed E-state index contributed by atoms with van der Waals surface area (Å²) in [5.74, 6) is 2.36. The van der Waals surface area contributed by atoms with Crippen molar-refractivity contribution in [2.75, 3.05) is 58.5 Å². The standard InChI is InChI=1S/C24H27N3O6/c1-30-22-15-19-20(16-23(22)31-2)25-8-7-21(19)33-18-5-3-17(4-6-18)27(24(28)29)10-9-26-11-13-32-14-12-26/h3-8,15-16H,9-14H2,1-2H3,(H,28,29). The quantitative estimate of drug-likeness (QED) is 0.550. The Bertz CT molecular complexity index is 1100. The Kier molecular flexibility index (Phi) is 7.11. The first-order chi connectivity index (χ1) is 16.1. The van der Waals surface area contributed by atoms with Crippen molar-refractivity contribution in [3.63, 3.8) is 0 Å². The van der Waals surface area contributed by atoms with E-state index in [1.807, 2.05) is 6.07 Å². The van der Waals surface area contributed by atoms with Crippen LogP contribution in [0.4, 0.5) is 10.5 Å². The minimum atomic E-state index is -0.988. The molecular formula is C24H27N3O6. The minimum Gasteiger partial charge on any atom is -0.493 e. The molecule has 1 amide bonds. The van der Waals surface area contributed by atoms with E-state index in [1.54, 1.807) is 56.8 Å². The van der Waals surface area contributed by atoms with Crippen molar-refractivity contribution in [2.45, 2.75) is 0 Å². The highest BCUT2D eigenvalue weighted by molar-refractivity contribution is 5.88. The number of benzene rings is 2. The monoisotopic (exact) mass is 453 g/mol. The van der Waals surface area contributed by atoms with E-state index in [1.165, 1.54) is 4.90 Å². The van der Waals surface area contributed by atoms with Crippen molar-refractivity contribution in [3.05, 3.63) is 48.7 Å². The Morgan fingerprint density at radius 1 is 1.06 bits per heavy atom. The highest BCUT2D eigenvalue weighted by Crippen LogP contribution is 2.37. The van der Waals surface area contributed by atoms with E-state index < -0.39 is 6.09 Å². The number of methoxy groups -OCH3 is 2.